The van der Waals surface area contributed by atoms with Crippen molar-refractivity contribution in [2.45, 2.75) is 31.7 Å². The van der Waals surface area contributed by atoms with Gasteiger partial charge in [-0.25, -0.2) is 0 Å². The number of benzene rings is 1. The van der Waals surface area contributed by atoms with Crippen molar-refractivity contribution in [1.29, 1.82) is 0 Å². The number of rotatable bonds is 9. The molecule has 0 bridgehead atoms. The SMILES string of the molecule is CNCCCC(=O)NC(CCC(=O)OC)c1ccccc1. The van der Waals surface area contributed by atoms with E-state index < -0.39 is 0 Å². The molecule has 0 aromatic heterocycles. The number of hydrogen-bond donors (Lipinski definition) is 2. The quantitative estimate of drug-likeness (QED) is 0.538. The molecule has 0 radical (unpaired) electrons. The molecule has 1 aromatic carbocycles. The van der Waals surface area contributed by atoms with Gasteiger partial charge in [-0.05, 0) is 32.0 Å². The zero-order valence-corrected chi connectivity index (χ0v) is 12.7. The molecule has 0 aliphatic rings. The fourth-order valence-electron chi connectivity index (χ4n) is 2.06. The molecule has 5 heteroatoms. The molecule has 21 heavy (non-hydrogen) atoms. The van der Waals surface area contributed by atoms with E-state index in [1.165, 1.54) is 7.11 Å². The van der Waals surface area contributed by atoms with Crippen molar-refractivity contribution >= 4 is 11.9 Å². The average molecular weight is 292 g/mol. The molecule has 0 spiro atoms. The molecule has 1 amide bonds. The number of ether oxygens (including phenoxy) is 1. The topological polar surface area (TPSA) is 67.4 Å². The van der Waals surface area contributed by atoms with Gasteiger partial charge in [0.2, 0.25) is 5.91 Å². The maximum atomic E-state index is 12.0. The Morgan fingerprint density at radius 2 is 1.90 bits per heavy atom. The second-order valence-corrected chi connectivity index (χ2v) is 4.85. The number of methoxy groups -OCH3 is 1. The van der Waals surface area contributed by atoms with Gasteiger partial charge in [-0.2, -0.15) is 0 Å². The molecule has 1 atom stereocenters. The molecule has 5 nitrogen and oxygen atoms in total. The zero-order chi connectivity index (χ0) is 15.5. The van der Waals surface area contributed by atoms with Crippen LogP contribution in [0.25, 0.3) is 0 Å². The van der Waals surface area contributed by atoms with Gasteiger partial charge in [-0.3, -0.25) is 9.59 Å². The predicted octanol–water partition coefficient (Wildman–Crippen LogP) is 1.80. The number of nitrogens with one attached hydrogen (secondary N) is 2. The first-order valence-corrected chi connectivity index (χ1v) is 7.23. The van der Waals surface area contributed by atoms with Gasteiger partial charge in [-0.1, -0.05) is 30.3 Å². The molecule has 1 unspecified atom stereocenters. The third-order valence-electron chi connectivity index (χ3n) is 3.23. The Morgan fingerprint density at radius 1 is 1.19 bits per heavy atom. The number of carbonyl (C=O) groups excluding carboxylic acids is 2. The van der Waals surface area contributed by atoms with E-state index in [-0.39, 0.29) is 24.3 Å². The van der Waals surface area contributed by atoms with Crippen LogP contribution in [0.5, 0.6) is 0 Å². The summed E-state index contributed by atoms with van der Waals surface area (Å²) in [5.41, 5.74) is 1.00. The summed E-state index contributed by atoms with van der Waals surface area (Å²) in [6.07, 6.45) is 2.09. The minimum Gasteiger partial charge on any atom is -0.469 e. The number of hydrogen-bond acceptors (Lipinski definition) is 4. The normalized spacial score (nSPS) is 11.7. The molecule has 1 rings (SSSR count). The standard InChI is InChI=1S/C16H24N2O3/c1-17-12-6-9-15(19)18-14(10-11-16(20)21-2)13-7-4-3-5-8-13/h3-5,7-8,14,17H,6,9-12H2,1-2H3,(H,18,19). The molecule has 0 heterocycles. The summed E-state index contributed by atoms with van der Waals surface area (Å²) in [5, 5.41) is 6.01. The Balaban J connectivity index is 2.59. The van der Waals surface area contributed by atoms with Crippen LogP contribution in [0.3, 0.4) is 0 Å². The van der Waals surface area contributed by atoms with Gasteiger partial charge in [0.1, 0.15) is 0 Å². The highest BCUT2D eigenvalue weighted by Gasteiger charge is 2.16. The van der Waals surface area contributed by atoms with E-state index in [4.69, 9.17) is 0 Å². The predicted molar refractivity (Wildman–Crippen MR) is 81.7 cm³/mol. The van der Waals surface area contributed by atoms with Crippen LogP contribution in [0.1, 0.15) is 37.3 Å². The number of carbonyl (C=O) groups is 2. The first-order chi connectivity index (χ1) is 10.2. The second kappa shape index (κ2) is 9.94. The van der Waals surface area contributed by atoms with Crippen LogP contribution in [0, 0.1) is 0 Å². The third-order valence-corrected chi connectivity index (χ3v) is 3.23. The molecule has 0 saturated heterocycles. The van der Waals surface area contributed by atoms with Crippen LogP contribution in [-0.4, -0.2) is 32.6 Å². The summed E-state index contributed by atoms with van der Waals surface area (Å²) in [5.74, 6) is -0.260. The molecule has 2 N–H and O–H groups in total. The zero-order valence-electron chi connectivity index (χ0n) is 12.7. The summed E-state index contributed by atoms with van der Waals surface area (Å²) in [7, 11) is 3.23. The van der Waals surface area contributed by atoms with Gasteiger partial charge in [0.15, 0.2) is 0 Å². The Morgan fingerprint density at radius 3 is 2.52 bits per heavy atom. The fraction of sp³-hybridized carbons (Fsp3) is 0.500. The summed E-state index contributed by atoms with van der Waals surface area (Å²) in [6.45, 7) is 0.811. The average Bonchev–Trinajstić information content (AvgIpc) is 2.52. The first-order valence-electron chi connectivity index (χ1n) is 7.23. The van der Waals surface area contributed by atoms with Crippen molar-refractivity contribution in [3.8, 4) is 0 Å². The lowest BCUT2D eigenvalue weighted by atomic mass is 10.0. The summed E-state index contributed by atoms with van der Waals surface area (Å²) in [4.78, 5) is 23.3. The molecular weight excluding hydrogens is 268 g/mol. The van der Waals surface area contributed by atoms with Crippen LogP contribution in [0.4, 0.5) is 0 Å². The largest absolute Gasteiger partial charge is 0.469 e. The molecule has 0 aliphatic heterocycles. The van der Waals surface area contributed by atoms with Crippen LogP contribution < -0.4 is 10.6 Å². The van der Waals surface area contributed by atoms with Gasteiger partial charge in [0, 0.05) is 12.8 Å². The molecule has 1 aromatic rings. The Bertz CT molecular complexity index is 434. The lowest BCUT2D eigenvalue weighted by molar-refractivity contribution is -0.141. The summed E-state index contributed by atoms with van der Waals surface area (Å²) >= 11 is 0. The Labute approximate surface area is 126 Å². The molecule has 0 fully saturated rings. The highest BCUT2D eigenvalue weighted by Crippen LogP contribution is 2.18. The van der Waals surface area contributed by atoms with Crippen LogP contribution in [-0.2, 0) is 14.3 Å². The second-order valence-electron chi connectivity index (χ2n) is 4.85. The van der Waals surface area contributed by atoms with Gasteiger partial charge in [-0.15, -0.1) is 0 Å². The van der Waals surface area contributed by atoms with Gasteiger partial charge in [0.05, 0.1) is 13.2 Å². The van der Waals surface area contributed by atoms with Gasteiger partial charge < -0.3 is 15.4 Å². The van der Waals surface area contributed by atoms with Crippen LogP contribution >= 0.6 is 0 Å². The maximum absolute atomic E-state index is 12.0. The highest BCUT2D eigenvalue weighted by molar-refractivity contribution is 5.76. The van der Waals surface area contributed by atoms with Gasteiger partial charge in [0.25, 0.3) is 0 Å². The summed E-state index contributed by atoms with van der Waals surface area (Å²) < 4.78 is 4.66. The van der Waals surface area contributed by atoms with Crippen molar-refractivity contribution in [2.75, 3.05) is 20.7 Å². The molecule has 116 valence electrons. The van der Waals surface area contributed by atoms with E-state index in [1.807, 2.05) is 37.4 Å². The van der Waals surface area contributed by atoms with E-state index in [0.29, 0.717) is 12.8 Å². The Hall–Kier alpha value is -1.88. The van der Waals surface area contributed by atoms with E-state index in [9.17, 15) is 9.59 Å². The number of esters is 1. The van der Waals surface area contributed by atoms with Crippen molar-refractivity contribution in [3.05, 3.63) is 35.9 Å². The first kappa shape index (κ1) is 17.2. The maximum Gasteiger partial charge on any atom is 0.305 e. The smallest absolute Gasteiger partial charge is 0.305 e. The molecule has 0 saturated carbocycles. The lowest BCUT2D eigenvalue weighted by Gasteiger charge is -2.19. The highest BCUT2D eigenvalue weighted by atomic mass is 16.5. The summed E-state index contributed by atoms with van der Waals surface area (Å²) in [6, 6.07) is 9.52. The lowest BCUT2D eigenvalue weighted by Crippen LogP contribution is -2.29. The van der Waals surface area contributed by atoms with Crippen molar-refractivity contribution in [1.82, 2.24) is 10.6 Å². The minimum absolute atomic E-state index is 0.00367. The van der Waals surface area contributed by atoms with Crippen molar-refractivity contribution in [2.24, 2.45) is 0 Å². The molecular formula is C16H24N2O3. The number of amides is 1. The van der Waals surface area contributed by atoms with Crippen LogP contribution in [0.2, 0.25) is 0 Å². The van der Waals surface area contributed by atoms with Gasteiger partial charge >= 0.3 is 5.97 Å². The van der Waals surface area contributed by atoms with E-state index >= 15 is 0 Å². The van der Waals surface area contributed by atoms with E-state index in [2.05, 4.69) is 15.4 Å². The molecule has 0 aliphatic carbocycles. The van der Waals surface area contributed by atoms with Crippen molar-refractivity contribution < 1.29 is 14.3 Å². The van der Waals surface area contributed by atoms with Crippen molar-refractivity contribution in [3.63, 3.8) is 0 Å². The fourth-order valence-corrected chi connectivity index (χ4v) is 2.06. The van der Waals surface area contributed by atoms with E-state index in [0.717, 1.165) is 18.5 Å². The van der Waals surface area contributed by atoms with Crippen LogP contribution in [0.15, 0.2) is 30.3 Å². The monoisotopic (exact) mass is 292 g/mol. The van der Waals surface area contributed by atoms with E-state index in [1.54, 1.807) is 0 Å². The minimum atomic E-state index is -0.264. The third kappa shape index (κ3) is 6.90. The Kier molecular flexibility index (Phi) is 8.12.